The second-order valence-electron chi connectivity index (χ2n) is 5.96. The van der Waals surface area contributed by atoms with Crippen LogP contribution in [0.1, 0.15) is 35.4 Å². The Kier molecular flexibility index (Phi) is 4.68. The van der Waals surface area contributed by atoms with Crippen LogP contribution in [0.15, 0.2) is 30.3 Å². The third-order valence-corrected chi connectivity index (χ3v) is 4.47. The van der Waals surface area contributed by atoms with Gasteiger partial charge in [0.1, 0.15) is 0 Å². The van der Waals surface area contributed by atoms with Gasteiger partial charge >= 0.3 is 0 Å². The van der Waals surface area contributed by atoms with Crippen molar-refractivity contribution in [2.24, 2.45) is 5.92 Å². The predicted octanol–water partition coefficient (Wildman–Crippen LogP) is 2.72. The molecule has 0 radical (unpaired) electrons. The first-order valence-electron chi connectivity index (χ1n) is 7.83. The largest absolute Gasteiger partial charge is 0.396 e. The van der Waals surface area contributed by atoms with E-state index in [4.69, 9.17) is 16.7 Å². The number of benzene rings is 1. The molecule has 23 heavy (non-hydrogen) atoms. The van der Waals surface area contributed by atoms with Crippen molar-refractivity contribution in [3.8, 4) is 5.69 Å². The first-order chi connectivity index (χ1) is 11.1. The SMILES string of the molecule is Cc1cc(C(=O)NC(CCO)C2CC2)nn1-c1ccccc1Cl. The Bertz CT molecular complexity index is 710. The van der Waals surface area contributed by atoms with Crippen molar-refractivity contribution in [1.82, 2.24) is 15.1 Å². The molecule has 0 saturated heterocycles. The quantitative estimate of drug-likeness (QED) is 0.854. The maximum absolute atomic E-state index is 12.4. The minimum atomic E-state index is -0.204. The second kappa shape index (κ2) is 6.72. The van der Waals surface area contributed by atoms with Gasteiger partial charge in [0.25, 0.3) is 5.91 Å². The fourth-order valence-electron chi connectivity index (χ4n) is 2.76. The molecule has 5 nitrogen and oxygen atoms in total. The standard InChI is InChI=1S/C17H20ClN3O2/c1-11-10-15(17(23)19-14(8-9-22)12-6-7-12)20-21(11)16-5-3-2-4-13(16)18/h2-5,10,12,14,22H,6-9H2,1H3,(H,19,23). The van der Waals surface area contributed by atoms with Crippen molar-refractivity contribution < 1.29 is 9.90 Å². The second-order valence-corrected chi connectivity index (χ2v) is 6.37. The van der Waals surface area contributed by atoms with E-state index >= 15 is 0 Å². The molecule has 1 aromatic carbocycles. The number of aromatic nitrogens is 2. The Balaban J connectivity index is 1.80. The summed E-state index contributed by atoms with van der Waals surface area (Å²) in [5.74, 6) is 0.280. The smallest absolute Gasteiger partial charge is 0.272 e. The minimum Gasteiger partial charge on any atom is -0.396 e. The lowest BCUT2D eigenvalue weighted by molar-refractivity contribution is 0.0918. The summed E-state index contributed by atoms with van der Waals surface area (Å²) in [5, 5.41) is 17.1. The number of aliphatic hydroxyl groups is 1. The molecule has 1 atom stereocenters. The van der Waals surface area contributed by atoms with E-state index in [9.17, 15) is 4.79 Å². The van der Waals surface area contributed by atoms with E-state index in [0.717, 1.165) is 24.2 Å². The third-order valence-electron chi connectivity index (χ3n) is 4.15. The van der Waals surface area contributed by atoms with Crippen LogP contribution in [0, 0.1) is 12.8 Å². The highest BCUT2D eigenvalue weighted by atomic mass is 35.5. The van der Waals surface area contributed by atoms with E-state index in [1.807, 2.05) is 25.1 Å². The lowest BCUT2D eigenvalue weighted by Gasteiger charge is -2.16. The molecule has 1 saturated carbocycles. The highest BCUT2D eigenvalue weighted by Crippen LogP contribution is 2.34. The van der Waals surface area contributed by atoms with Crippen LogP contribution >= 0.6 is 11.6 Å². The minimum absolute atomic E-state index is 0.0262. The fourth-order valence-corrected chi connectivity index (χ4v) is 2.97. The molecule has 3 rings (SSSR count). The van der Waals surface area contributed by atoms with Crippen LogP contribution in [0.4, 0.5) is 0 Å². The number of nitrogens with one attached hydrogen (secondary N) is 1. The molecule has 0 spiro atoms. The first-order valence-corrected chi connectivity index (χ1v) is 8.21. The van der Waals surface area contributed by atoms with Gasteiger partial charge in [-0.3, -0.25) is 4.79 Å². The van der Waals surface area contributed by atoms with E-state index in [1.54, 1.807) is 16.8 Å². The number of halogens is 1. The number of para-hydroxylation sites is 1. The maximum Gasteiger partial charge on any atom is 0.272 e. The number of hydrogen-bond acceptors (Lipinski definition) is 3. The van der Waals surface area contributed by atoms with Gasteiger partial charge in [0.15, 0.2) is 5.69 Å². The van der Waals surface area contributed by atoms with Gasteiger partial charge in [-0.1, -0.05) is 23.7 Å². The van der Waals surface area contributed by atoms with Gasteiger partial charge in [0.05, 0.1) is 10.7 Å². The van der Waals surface area contributed by atoms with Crippen molar-refractivity contribution in [3.05, 3.63) is 46.7 Å². The molecule has 2 aromatic rings. The van der Waals surface area contributed by atoms with Crippen LogP contribution in [0.25, 0.3) is 5.69 Å². The average Bonchev–Trinajstić information content (AvgIpc) is 3.30. The average molecular weight is 334 g/mol. The third kappa shape index (κ3) is 3.57. The van der Waals surface area contributed by atoms with Gasteiger partial charge in [0.2, 0.25) is 0 Å². The van der Waals surface area contributed by atoms with Crippen molar-refractivity contribution >= 4 is 17.5 Å². The van der Waals surface area contributed by atoms with Crippen molar-refractivity contribution in [2.45, 2.75) is 32.2 Å². The first kappa shape index (κ1) is 16.0. The molecule has 1 aliphatic carbocycles. The number of aryl methyl sites for hydroxylation is 1. The Hall–Kier alpha value is -1.85. The van der Waals surface area contributed by atoms with E-state index in [0.29, 0.717) is 23.1 Å². The molecule has 0 aliphatic heterocycles. The number of nitrogens with zero attached hydrogens (tertiary/aromatic N) is 2. The summed E-state index contributed by atoms with van der Waals surface area (Å²) < 4.78 is 1.68. The maximum atomic E-state index is 12.4. The molecule has 1 aromatic heterocycles. The number of carbonyl (C=O) groups is 1. The van der Waals surface area contributed by atoms with Crippen molar-refractivity contribution in [2.75, 3.05) is 6.61 Å². The molecule has 2 N–H and O–H groups in total. The van der Waals surface area contributed by atoms with Crippen molar-refractivity contribution in [1.29, 1.82) is 0 Å². The molecular weight excluding hydrogens is 314 g/mol. The summed E-state index contributed by atoms with van der Waals surface area (Å²) in [4.78, 5) is 12.4. The van der Waals surface area contributed by atoms with Crippen molar-refractivity contribution in [3.63, 3.8) is 0 Å². The van der Waals surface area contributed by atoms with Crippen LogP contribution in [-0.2, 0) is 0 Å². The predicted molar refractivity (Wildman–Crippen MR) is 89.0 cm³/mol. The molecule has 1 heterocycles. The zero-order valence-electron chi connectivity index (χ0n) is 13.0. The number of aliphatic hydroxyl groups excluding tert-OH is 1. The Morgan fingerprint density at radius 2 is 2.22 bits per heavy atom. The van der Waals surface area contributed by atoms with Gasteiger partial charge in [-0.2, -0.15) is 5.10 Å². The Labute approximate surface area is 140 Å². The topological polar surface area (TPSA) is 67.2 Å². The zero-order valence-corrected chi connectivity index (χ0v) is 13.8. The molecule has 1 aliphatic rings. The molecule has 1 amide bonds. The molecular formula is C17H20ClN3O2. The number of hydrogen-bond donors (Lipinski definition) is 2. The summed E-state index contributed by atoms with van der Waals surface area (Å²) in [6, 6.07) is 9.17. The van der Waals surface area contributed by atoms with E-state index in [-0.39, 0.29) is 18.6 Å². The van der Waals surface area contributed by atoms with Gasteiger partial charge in [-0.25, -0.2) is 4.68 Å². The van der Waals surface area contributed by atoms with E-state index in [1.165, 1.54) is 0 Å². The van der Waals surface area contributed by atoms with Crippen LogP contribution in [-0.4, -0.2) is 33.4 Å². The molecule has 6 heteroatoms. The molecule has 122 valence electrons. The lowest BCUT2D eigenvalue weighted by Crippen LogP contribution is -2.37. The normalized spacial score (nSPS) is 15.4. The summed E-state index contributed by atoms with van der Waals surface area (Å²) in [6.07, 6.45) is 2.80. The summed E-state index contributed by atoms with van der Waals surface area (Å²) in [5.41, 5.74) is 1.96. The molecule has 0 bridgehead atoms. The molecule has 1 fully saturated rings. The van der Waals surface area contributed by atoms with E-state index in [2.05, 4.69) is 10.4 Å². The van der Waals surface area contributed by atoms with E-state index < -0.39 is 0 Å². The fraction of sp³-hybridized carbons (Fsp3) is 0.412. The number of amides is 1. The number of carbonyl (C=O) groups excluding carboxylic acids is 1. The zero-order chi connectivity index (χ0) is 16.4. The molecule has 1 unspecified atom stereocenters. The lowest BCUT2D eigenvalue weighted by atomic mass is 10.1. The Morgan fingerprint density at radius 3 is 2.87 bits per heavy atom. The van der Waals surface area contributed by atoms with Gasteiger partial charge in [-0.15, -0.1) is 0 Å². The van der Waals surface area contributed by atoms with Gasteiger partial charge in [-0.05, 0) is 50.3 Å². The van der Waals surface area contributed by atoms with Crippen LogP contribution in [0.2, 0.25) is 5.02 Å². The monoisotopic (exact) mass is 333 g/mol. The van der Waals surface area contributed by atoms with Gasteiger partial charge < -0.3 is 10.4 Å². The van der Waals surface area contributed by atoms with Crippen LogP contribution < -0.4 is 5.32 Å². The number of rotatable bonds is 6. The highest BCUT2D eigenvalue weighted by molar-refractivity contribution is 6.32. The van der Waals surface area contributed by atoms with Crippen LogP contribution in [0.5, 0.6) is 0 Å². The van der Waals surface area contributed by atoms with Gasteiger partial charge in [0, 0.05) is 18.3 Å². The Morgan fingerprint density at radius 1 is 1.48 bits per heavy atom. The highest BCUT2D eigenvalue weighted by Gasteiger charge is 2.32. The van der Waals surface area contributed by atoms with Crippen LogP contribution in [0.3, 0.4) is 0 Å². The summed E-state index contributed by atoms with van der Waals surface area (Å²) in [7, 11) is 0. The summed E-state index contributed by atoms with van der Waals surface area (Å²) >= 11 is 6.21. The summed E-state index contributed by atoms with van der Waals surface area (Å²) in [6.45, 7) is 1.97.